The molecule has 110 valence electrons. The number of aromatic nitrogens is 3. The average Bonchev–Trinajstić information content (AvgIpc) is 3.00. The van der Waals surface area contributed by atoms with Crippen LogP contribution in [-0.4, -0.2) is 27.2 Å². The molecule has 2 amide bonds. The molecule has 0 fully saturated rings. The summed E-state index contributed by atoms with van der Waals surface area (Å²) >= 11 is 3.28. The first-order valence-corrected chi connectivity index (χ1v) is 7.10. The summed E-state index contributed by atoms with van der Waals surface area (Å²) in [5.74, 6) is -0.853. The molecule has 0 spiro atoms. The number of nitrogens with zero attached hydrogens (tertiary/aromatic N) is 2. The molecule has 0 unspecified atom stereocenters. The van der Waals surface area contributed by atoms with Crippen LogP contribution >= 0.6 is 15.9 Å². The highest BCUT2D eigenvalue weighted by Crippen LogP contribution is 2.15. The smallest absolute Gasteiger partial charge is 0.267 e. The summed E-state index contributed by atoms with van der Waals surface area (Å²) in [6, 6.07) is 11.8. The first kappa shape index (κ1) is 14.2. The Morgan fingerprint density at radius 1 is 1.05 bits per heavy atom. The second-order valence-electron chi connectivity index (χ2n) is 4.43. The van der Waals surface area contributed by atoms with Gasteiger partial charge in [0, 0.05) is 10.0 Å². The fourth-order valence-electron chi connectivity index (χ4n) is 1.88. The molecule has 1 heterocycles. The van der Waals surface area contributed by atoms with Crippen molar-refractivity contribution in [1.82, 2.24) is 26.3 Å². The highest BCUT2D eigenvalue weighted by atomic mass is 79.9. The molecule has 1 aromatic heterocycles. The summed E-state index contributed by atoms with van der Waals surface area (Å²) in [7, 11) is 0. The normalized spacial score (nSPS) is 10.4. The third-order valence-electron chi connectivity index (χ3n) is 3.00. The number of aromatic amines is 1. The van der Waals surface area contributed by atoms with Crippen molar-refractivity contribution in [3.63, 3.8) is 0 Å². The number of carbonyl (C=O) groups excluding carboxylic acids is 2. The molecule has 3 N–H and O–H groups in total. The van der Waals surface area contributed by atoms with Gasteiger partial charge in [-0.25, -0.2) is 0 Å². The quantitative estimate of drug-likeness (QED) is 0.607. The van der Waals surface area contributed by atoms with Crippen LogP contribution in [-0.2, 0) is 0 Å². The molecule has 3 rings (SSSR count). The van der Waals surface area contributed by atoms with Crippen LogP contribution in [0.15, 0.2) is 46.9 Å². The van der Waals surface area contributed by atoms with Crippen molar-refractivity contribution in [2.45, 2.75) is 0 Å². The third-order valence-corrected chi connectivity index (χ3v) is 3.69. The van der Waals surface area contributed by atoms with Crippen LogP contribution in [0.4, 0.5) is 0 Å². The Morgan fingerprint density at radius 3 is 2.64 bits per heavy atom. The molecule has 7 nitrogen and oxygen atoms in total. The summed E-state index contributed by atoms with van der Waals surface area (Å²) in [6.45, 7) is 0. The Hall–Kier alpha value is -2.74. The number of H-pyrrole nitrogens is 1. The van der Waals surface area contributed by atoms with Crippen molar-refractivity contribution < 1.29 is 9.59 Å². The second kappa shape index (κ2) is 5.94. The fraction of sp³-hybridized carbons (Fsp3) is 0. The Labute approximate surface area is 133 Å². The Kier molecular flexibility index (Phi) is 3.84. The van der Waals surface area contributed by atoms with E-state index in [1.807, 2.05) is 0 Å². The summed E-state index contributed by atoms with van der Waals surface area (Å²) < 4.78 is 0.644. The number of nitrogens with one attached hydrogen (secondary N) is 3. The predicted octanol–water partition coefficient (Wildman–Crippen LogP) is 1.80. The number of fused-ring (bicyclic) bond motifs is 1. The van der Waals surface area contributed by atoms with Gasteiger partial charge in [0.1, 0.15) is 5.52 Å². The summed E-state index contributed by atoms with van der Waals surface area (Å²) in [4.78, 5) is 24.0. The topological polar surface area (TPSA) is 99.8 Å². The highest BCUT2D eigenvalue weighted by Gasteiger charge is 2.12. The number of amides is 2. The minimum atomic E-state index is -0.440. The van der Waals surface area contributed by atoms with E-state index in [1.54, 1.807) is 42.5 Å². The van der Waals surface area contributed by atoms with E-state index in [9.17, 15) is 9.59 Å². The van der Waals surface area contributed by atoms with E-state index in [1.165, 1.54) is 0 Å². The minimum Gasteiger partial charge on any atom is -0.267 e. The summed E-state index contributed by atoms with van der Waals surface area (Å²) in [5, 5.41) is 10.2. The van der Waals surface area contributed by atoms with Crippen LogP contribution in [0, 0.1) is 0 Å². The minimum absolute atomic E-state index is 0.369. The zero-order valence-electron chi connectivity index (χ0n) is 11.1. The van der Waals surface area contributed by atoms with Crippen molar-refractivity contribution in [2.24, 2.45) is 0 Å². The lowest BCUT2D eigenvalue weighted by atomic mass is 10.2. The second-order valence-corrected chi connectivity index (χ2v) is 5.29. The molecular weight excluding hydrogens is 350 g/mol. The first-order chi connectivity index (χ1) is 10.6. The van der Waals surface area contributed by atoms with E-state index in [0.29, 0.717) is 21.1 Å². The molecule has 0 atom stereocenters. The molecule has 0 aliphatic heterocycles. The van der Waals surface area contributed by atoms with E-state index < -0.39 is 11.8 Å². The molecule has 0 aliphatic rings. The lowest BCUT2D eigenvalue weighted by Crippen LogP contribution is -2.41. The monoisotopic (exact) mass is 359 g/mol. The molecule has 0 saturated heterocycles. The lowest BCUT2D eigenvalue weighted by molar-refractivity contribution is 0.0846. The van der Waals surface area contributed by atoms with Crippen LogP contribution in [0.25, 0.3) is 11.0 Å². The lowest BCUT2D eigenvalue weighted by Gasteiger charge is -2.08. The standard InChI is InChI=1S/C14H10BrN5O2/c15-10-4-2-1-3-9(10)14(22)19-18-13(21)8-5-6-11-12(7-8)17-20-16-11/h1-7H,(H,18,21)(H,19,22)(H,16,17,20). The molecule has 3 aromatic rings. The Morgan fingerprint density at radius 2 is 1.82 bits per heavy atom. The van der Waals surface area contributed by atoms with Gasteiger partial charge in [-0.2, -0.15) is 0 Å². The van der Waals surface area contributed by atoms with Gasteiger partial charge >= 0.3 is 0 Å². The van der Waals surface area contributed by atoms with Crippen LogP contribution in [0.1, 0.15) is 20.7 Å². The van der Waals surface area contributed by atoms with E-state index in [2.05, 4.69) is 42.2 Å². The van der Waals surface area contributed by atoms with Gasteiger partial charge in [0.25, 0.3) is 11.8 Å². The molecule has 2 aromatic carbocycles. The van der Waals surface area contributed by atoms with E-state index in [4.69, 9.17) is 0 Å². The van der Waals surface area contributed by atoms with E-state index in [0.717, 1.165) is 5.52 Å². The fourth-order valence-corrected chi connectivity index (χ4v) is 2.35. The van der Waals surface area contributed by atoms with E-state index in [-0.39, 0.29) is 0 Å². The van der Waals surface area contributed by atoms with Crippen LogP contribution in [0.5, 0.6) is 0 Å². The number of hydrazine groups is 1. The van der Waals surface area contributed by atoms with Crippen molar-refractivity contribution in [3.05, 3.63) is 58.1 Å². The SMILES string of the molecule is O=C(NNC(=O)c1ccccc1Br)c1ccc2[nH]nnc2c1. The average molecular weight is 360 g/mol. The summed E-state index contributed by atoms with van der Waals surface area (Å²) in [6.07, 6.45) is 0. The number of benzene rings is 2. The van der Waals surface area contributed by atoms with Crippen molar-refractivity contribution in [3.8, 4) is 0 Å². The Balaban J connectivity index is 1.69. The Bertz CT molecular complexity index is 861. The number of halogens is 1. The van der Waals surface area contributed by atoms with Crippen molar-refractivity contribution >= 4 is 38.8 Å². The molecule has 8 heteroatoms. The summed E-state index contributed by atoms with van der Waals surface area (Å²) in [5.41, 5.74) is 6.83. The molecule has 0 radical (unpaired) electrons. The molecule has 0 aliphatic carbocycles. The number of rotatable bonds is 2. The highest BCUT2D eigenvalue weighted by molar-refractivity contribution is 9.10. The third kappa shape index (κ3) is 2.82. The van der Waals surface area contributed by atoms with Gasteiger partial charge in [0.05, 0.1) is 11.1 Å². The molecule has 22 heavy (non-hydrogen) atoms. The van der Waals surface area contributed by atoms with Crippen LogP contribution in [0.2, 0.25) is 0 Å². The number of hydrogen-bond donors (Lipinski definition) is 3. The maximum Gasteiger partial charge on any atom is 0.270 e. The van der Waals surface area contributed by atoms with Gasteiger partial charge < -0.3 is 0 Å². The molecule has 0 bridgehead atoms. The molecule has 0 saturated carbocycles. The number of hydrogen-bond acceptors (Lipinski definition) is 4. The zero-order chi connectivity index (χ0) is 15.5. The van der Waals surface area contributed by atoms with Gasteiger partial charge in [-0.3, -0.25) is 25.5 Å². The maximum atomic E-state index is 12.0. The maximum absolute atomic E-state index is 12.0. The van der Waals surface area contributed by atoms with Gasteiger partial charge in [-0.15, -0.1) is 5.10 Å². The van der Waals surface area contributed by atoms with Gasteiger partial charge in [-0.05, 0) is 46.3 Å². The van der Waals surface area contributed by atoms with Crippen LogP contribution in [0.3, 0.4) is 0 Å². The van der Waals surface area contributed by atoms with Crippen molar-refractivity contribution in [2.75, 3.05) is 0 Å². The van der Waals surface area contributed by atoms with Gasteiger partial charge in [-0.1, -0.05) is 17.3 Å². The van der Waals surface area contributed by atoms with Crippen molar-refractivity contribution in [1.29, 1.82) is 0 Å². The zero-order valence-corrected chi connectivity index (χ0v) is 12.7. The predicted molar refractivity (Wildman–Crippen MR) is 83.0 cm³/mol. The number of carbonyl (C=O) groups is 2. The van der Waals surface area contributed by atoms with Gasteiger partial charge in [0.2, 0.25) is 0 Å². The molecular formula is C14H10BrN5O2. The largest absolute Gasteiger partial charge is 0.270 e. The first-order valence-electron chi connectivity index (χ1n) is 6.31. The van der Waals surface area contributed by atoms with Gasteiger partial charge in [0.15, 0.2) is 0 Å². The van der Waals surface area contributed by atoms with Crippen LogP contribution < -0.4 is 10.9 Å². The van der Waals surface area contributed by atoms with E-state index >= 15 is 0 Å².